The van der Waals surface area contributed by atoms with Crippen molar-refractivity contribution in [3.8, 4) is 0 Å². The van der Waals surface area contributed by atoms with Crippen LogP contribution in [0.1, 0.15) is 17.0 Å². The van der Waals surface area contributed by atoms with Crippen molar-refractivity contribution in [3.05, 3.63) is 40.4 Å². The van der Waals surface area contributed by atoms with Gasteiger partial charge in [-0.15, -0.1) is 0 Å². The molecular formula is C14H17N3O3. The largest absolute Gasteiger partial charge is 0.385 e. The minimum atomic E-state index is -0.355. The van der Waals surface area contributed by atoms with Gasteiger partial charge in [0.2, 0.25) is 5.82 Å². The summed E-state index contributed by atoms with van der Waals surface area (Å²) in [6.07, 6.45) is 0.712. The van der Waals surface area contributed by atoms with E-state index in [1.165, 1.54) is 4.57 Å². The predicted molar refractivity (Wildman–Crippen MR) is 75.8 cm³/mol. The summed E-state index contributed by atoms with van der Waals surface area (Å²) in [5, 5.41) is 3.23. The summed E-state index contributed by atoms with van der Waals surface area (Å²) in [7, 11) is 3.16. The molecular weight excluding hydrogens is 258 g/mol. The molecule has 106 valence electrons. The average Bonchev–Trinajstić information content (AvgIpc) is 2.47. The number of fused-ring (bicyclic) bond motifs is 1. The van der Waals surface area contributed by atoms with Gasteiger partial charge in [-0.2, -0.15) is 0 Å². The first-order valence-corrected chi connectivity index (χ1v) is 6.38. The molecule has 0 aliphatic carbocycles. The standard InChI is InChI=1S/C14H17N3O3/c1-17-12(13(18)15-8-5-9-20-2)16-11-7-4-3-6-10(11)14(17)19/h3-4,6-7H,5,8-9H2,1-2H3,(H,15,18). The molecule has 2 aromatic rings. The van der Waals surface area contributed by atoms with E-state index < -0.39 is 0 Å². The Bertz CT molecular complexity index is 679. The van der Waals surface area contributed by atoms with E-state index in [2.05, 4.69) is 10.3 Å². The van der Waals surface area contributed by atoms with Crippen LogP contribution in [-0.2, 0) is 11.8 Å². The van der Waals surface area contributed by atoms with Crippen molar-refractivity contribution < 1.29 is 9.53 Å². The number of nitrogens with zero attached hydrogens (tertiary/aromatic N) is 2. The maximum atomic E-state index is 12.2. The summed E-state index contributed by atoms with van der Waals surface area (Å²) >= 11 is 0. The van der Waals surface area contributed by atoms with Crippen molar-refractivity contribution in [2.75, 3.05) is 20.3 Å². The zero-order valence-electron chi connectivity index (χ0n) is 11.5. The molecule has 0 saturated heterocycles. The van der Waals surface area contributed by atoms with Gasteiger partial charge in [0.05, 0.1) is 10.9 Å². The van der Waals surface area contributed by atoms with Crippen molar-refractivity contribution >= 4 is 16.8 Å². The zero-order valence-corrected chi connectivity index (χ0v) is 11.5. The van der Waals surface area contributed by atoms with Crippen molar-refractivity contribution in [1.82, 2.24) is 14.9 Å². The monoisotopic (exact) mass is 275 g/mol. The van der Waals surface area contributed by atoms with Crippen LogP contribution in [-0.4, -0.2) is 35.7 Å². The summed E-state index contributed by atoms with van der Waals surface area (Å²) in [5.74, 6) is -0.238. The number of methoxy groups -OCH3 is 1. The molecule has 0 spiro atoms. The topological polar surface area (TPSA) is 73.2 Å². The number of hydrogen-bond donors (Lipinski definition) is 1. The molecule has 1 N–H and O–H groups in total. The Morgan fingerprint density at radius 2 is 2.15 bits per heavy atom. The number of amides is 1. The first-order chi connectivity index (χ1) is 9.65. The van der Waals surface area contributed by atoms with Crippen LogP contribution in [0.4, 0.5) is 0 Å². The molecule has 0 unspecified atom stereocenters. The quantitative estimate of drug-likeness (QED) is 0.815. The lowest BCUT2D eigenvalue weighted by atomic mass is 10.2. The van der Waals surface area contributed by atoms with E-state index in [-0.39, 0.29) is 17.3 Å². The van der Waals surface area contributed by atoms with E-state index in [1.54, 1.807) is 38.4 Å². The number of nitrogens with one attached hydrogen (secondary N) is 1. The second-order valence-electron chi connectivity index (χ2n) is 4.42. The molecule has 6 heteroatoms. The van der Waals surface area contributed by atoms with E-state index in [1.807, 2.05) is 0 Å². The molecule has 1 heterocycles. The summed E-state index contributed by atoms with van der Waals surface area (Å²) in [5.41, 5.74) is 0.301. The average molecular weight is 275 g/mol. The molecule has 0 saturated carbocycles. The number of carbonyl (C=O) groups is 1. The third kappa shape index (κ3) is 2.85. The van der Waals surface area contributed by atoms with Crippen molar-refractivity contribution in [2.24, 2.45) is 7.05 Å². The van der Waals surface area contributed by atoms with Crippen LogP contribution in [0.25, 0.3) is 10.9 Å². The van der Waals surface area contributed by atoms with E-state index in [9.17, 15) is 9.59 Å². The Hall–Kier alpha value is -2.21. The molecule has 0 aliphatic rings. The number of rotatable bonds is 5. The number of aromatic nitrogens is 2. The highest BCUT2D eigenvalue weighted by atomic mass is 16.5. The first kappa shape index (κ1) is 14.2. The Morgan fingerprint density at radius 3 is 2.90 bits per heavy atom. The van der Waals surface area contributed by atoms with Crippen LogP contribution in [0.5, 0.6) is 0 Å². The Morgan fingerprint density at radius 1 is 1.40 bits per heavy atom. The molecule has 0 radical (unpaired) electrons. The third-order valence-electron chi connectivity index (χ3n) is 3.00. The highest BCUT2D eigenvalue weighted by Crippen LogP contribution is 2.06. The summed E-state index contributed by atoms with van der Waals surface area (Å²) < 4.78 is 6.18. The third-order valence-corrected chi connectivity index (χ3v) is 3.00. The van der Waals surface area contributed by atoms with E-state index in [0.29, 0.717) is 30.5 Å². The molecule has 20 heavy (non-hydrogen) atoms. The smallest absolute Gasteiger partial charge is 0.287 e. The highest BCUT2D eigenvalue weighted by Gasteiger charge is 2.14. The second kappa shape index (κ2) is 6.29. The van der Waals surface area contributed by atoms with Gasteiger partial charge in [-0.3, -0.25) is 14.2 Å². The fraction of sp³-hybridized carbons (Fsp3) is 0.357. The second-order valence-corrected chi connectivity index (χ2v) is 4.42. The lowest BCUT2D eigenvalue weighted by Gasteiger charge is -2.09. The molecule has 0 fully saturated rings. The number of para-hydroxylation sites is 1. The van der Waals surface area contributed by atoms with Crippen LogP contribution in [0.3, 0.4) is 0 Å². The van der Waals surface area contributed by atoms with Gasteiger partial charge in [0.15, 0.2) is 0 Å². The predicted octanol–water partition coefficient (Wildman–Crippen LogP) is 0.700. The molecule has 2 rings (SSSR count). The SMILES string of the molecule is COCCCNC(=O)c1nc2ccccc2c(=O)n1C. The lowest BCUT2D eigenvalue weighted by molar-refractivity contribution is 0.0933. The van der Waals surface area contributed by atoms with Crippen molar-refractivity contribution in [1.29, 1.82) is 0 Å². The number of benzene rings is 1. The van der Waals surface area contributed by atoms with Crippen molar-refractivity contribution in [2.45, 2.75) is 6.42 Å². The van der Waals surface area contributed by atoms with Gasteiger partial charge >= 0.3 is 0 Å². The highest BCUT2D eigenvalue weighted by molar-refractivity contribution is 5.92. The summed E-state index contributed by atoms with van der Waals surface area (Å²) in [6, 6.07) is 6.98. The van der Waals surface area contributed by atoms with Crippen LogP contribution >= 0.6 is 0 Å². The minimum absolute atomic E-state index is 0.117. The van der Waals surface area contributed by atoms with E-state index >= 15 is 0 Å². The van der Waals surface area contributed by atoms with Gasteiger partial charge < -0.3 is 10.1 Å². The fourth-order valence-electron chi connectivity index (χ4n) is 1.92. The zero-order chi connectivity index (χ0) is 14.5. The van der Waals surface area contributed by atoms with Gasteiger partial charge in [0, 0.05) is 27.3 Å². The van der Waals surface area contributed by atoms with E-state index in [4.69, 9.17) is 4.74 Å². The van der Waals surface area contributed by atoms with Crippen LogP contribution < -0.4 is 10.9 Å². The normalized spacial score (nSPS) is 10.7. The molecule has 0 atom stereocenters. The Kier molecular flexibility index (Phi) is 4.47. The lowest BCUT2D eigenvalue weighted by Crippen LogP contribution is -2.33. The van der Waals surface area contributed by atoms with E-state index in [0.717, 1.165) is 0 Å². The first-order valence-electron chi connectivity index (χ1n) is 6.38. The summed E-state index contributed by atoms with van der Waals surface area (Å²) in [6.45, 7) is 1.06. The van der Waals surface area contributed by atoms with Crippen molar-refractivity contribution in [3.63, 3.8) is 0 Å². The van der Waals surface area contributed by atoms with Gasteiger partial charge in [0.25, 0.3) is 11.5 Å². The Balaban J connectivity index is 2.28. The van der Waals surface area contributed by atoms with Crippen LogP contribution in [0.15, 0.2) is 29.1 Å². The maximum Gasteiger partial charge on any atom is 0.287 e. The Labute approximate surface area is 116 Å². The minimum Gasteiger partial charge on any atom is -0.385 e. The molecule has 0 aliphatic heterocycles. The fourth-order valence-corrected chi connectivity index (χ4v) is 1.92. The van der Waals surface area contributed by atoms with Gasteiger partial charge in [-0.1, -0.05) is 12.1 Å². The molecule has 1 aromatic carbocycles. The molecule has 1 amide bonds. The maximum absolute atomic E-state index is 12.2. The number of hydrogen-bond acceptors (Lipinski definition) is 4. The number of carbonyl (C=O) groups excluding carboxylic acids is 1. The number of ether oxygens (including phenoxy) is 1. The van der Waals surface area contributed by atoms with Crippen LogP contribution in [0.2, 0.25) is 0 Å². The van der Waals surface area contributed by atoms with Gasteiger partial charge in [-0.05, 0) is 18.6 Å². The van der Waals surface area contributed by atoms with Crippen LogP contribution in [0, 0.1) is 0 Å². The molecule has 1 aromatic heterocycles. The molecule has 6 nitrogen and oxygen atoms in total. The summed E-state index contributed by atoms with van der Waals surface area (Å²) in [4.78, 5) is 28.5. The van der Waals surface area contributed by atoms with Gasteiger partial charge in [-0.25, -0.2) is 4.98 Å². The molecule has 0 bridgehead atoms. The van der Waals surface area contributed by atoms with Gasteiger partial charge in [0.1, 0.15) is 0 Å².